The van der Waals surface area contributed by atoms with Crippen LogP contribution in [-0.2, 0) is 0 Å². The molecular formula is C12H14ClN3. The first-order chi connectivity index (χ1) is 7.74. The fourth-order valence-corrected chi connectivity index (χ4v) is 2.27. The van der Waals surface area contributed by atoms with Crippen molar-refractivity contribution in [1.82, 2.24) is 5.32 Å². The molecule has 0 saturated carbocycles. The van der Waals surface area contributed by atoms with E-state index in [-0.39, 0.29) is 0 Å². The van der Waals surface area contributed by atoms with Crippen LogP contribution in [0.2, 0.25) is 5.02 Å². The van der Waals surface area contributed by atoms with E-state index in [1.807, 2.05) is 12.1 Å². The van der Waals surface area contributed by atoms with Gasteiger partial charge in [0.2, 0.25) is 0 Å². The molecule has 0 radical (unpaired) electrons. The summed E-state index contributed by atoms with van der Waals surface area (Å²) < 4.78 is 0. The maximum atomic E-state index is 9.14. The molecule has 0 aliphatic carbocycles. The summed E-state index contributed by atoms with van der Waals surface area (Å²) in [5.74, 6) is 0. The van der Waals surface area contributed by atoms with E-state index in [2.05, 4.69) is 23.2 Å². The minimum Gasteiger partial charge on any atom is -0.365 e. The molecule has 1 saturated heterocycles. The van der Waals surface area contributed by atoms with Crippen LogP contribution in [0.15, 0.2) is 18.2 Å². The summed E-state index contributed by atoms with van der Waals surface area (Å²) in [7, 11) is 0. The highest BCUT2D eigenvalue weighted by molar-refractivity contribution is 6.32. The first kappa shape index (κ1) is 11.3. The predicted octanol–water partition coefficient (Wildman–Crippen LogP) is 2.01. The van der Waals surface area contributed by atoms with Gasteiger partial charge in [0.05, 0.1) is 16.3 Å². The van der Waals surface area contributed by atoms with E-state index < -0.39 is 0 Å². The molecule has 1 atom stereocenters. The standard InChI is InChI=1S/C12H14ClN3/c1-9-8-15-5-6-16(9)12-4-2-3-11(13)10(12)7-14/h2-4,9,15H,5-6,8H2,1H3. The Morgan fingerprint density at radius 2 is 2.38 bits per heavy atom. The molecule has 0 spiro atoms. The summed E-state index contributed by atoms with van der Waals surface area (Å²) in [5.41, 5.74) is 1.53. The summed E-state index contributed by atoms with van der Waals surface area (Å²) in [5, 5.41) is 13.0. The molecule has 84 valence electrons. The van der Waals surface area contributed by atoms with Gasteiger partial charge in [0.25, 0.3) is 0 Å². The zero-order valence-corrected chi connectivity index (χ0v) is 9.96. The van der Waals surface area contributed by atoms with Crippen molar-refractivity contribution in [2.24, 2.45) is 0 Å². The number of rotatable bonds is 1. The van der Waals surface area contributed by atoms with Gasteiger partial charge in [-0.1, -0.05) is 17.7 Å². The van der Waals surface area contributed by atoms with Crippen molar-refractivity contribution in [2.45, 2.75) is 13.0 Å². The van der Waals surface area contributed by atoms with Gasteiger partial charge in [-0.3, -0.25) is 0 Å². The van der Waals surface area contributed by atoms with Gasteiger partial charge in [0, 0.05) is 25.7 Å². The number of halogens is 1. The van der Waals surface area contributed by atoms with Crippen molar-refractivity contribution in [1.29, 1.82) is 5.26 Å². The van der Waals surface area contributed by atoms with Crippen LogP contribution in [0, 0.1) is 11.3 Å². The summed E-state index contributed by atoms with van der Waals surface area (Å²) in [6.45, 7) is 4.95. The number of nitrogens with zero attached hydrogens (tertiary/aromatic N) is 2. The number of anilines is 1. The van der Waals surface area contributed by atoms with Gasteiger partial charge in [-0.25, -0.2) is 0 Å². The molecule has 1 aliphatic rings. The molecule has 0 amide bonds. The Balaban J connectivity index is 2.39. The summed E-state index contributed by atoms with van der Waals surface area (Å²) in [4.78, 5) is 2.24. The SMILES string of the molecule is CC1CNCCN1c1cccc(Cl)c1C#N. The number of nitrogens with one attached hydrogen (secondary N) is 1. The Kier molecular flexibility index (Phi) is 3.33. The van der Waals surface area contributed by atoms with Crippen LogP contribution < -0.4 is 10.2 Å². The van der Waals surface area contributed by atoms with E-state index in [1.165, 1.54) is 0 Å². The highest BCUT2D eigenvalue weighted by Crippen LogP contribution is 2.28. The maximum absolute atomic E-state index is 9.14. The van der Waals surface area contributed by atoms with Crippen LogP contribution in [0.1, 0.15) is 12.5 Å². The normalized spacial score (nSPS) is 20.6. The lowest BCUT2D eigenvalue weighted by Crippen LogP contribution is -2.50. The van der Waals surface area contributed by atoms with Crippen LogP contribution >= 0.6 is 11.6 Å². The third kappa shape index (κ3) is 1.99. The summed E-state index contributed by atoms with van der Waals surface area (Å²) >= 11 is 6.03. The Labute approximate surface area is 101 Å². The van der Waals surface area contributed by atoms with Crippen LogP contribution in [-0.4, -0.2) is 25.7 Å². The smallest absolute Gasteiger partial charge is 0.103 e. The van der Waals surface area contributed by atoms with Crippen molar-refractivity contribution >= 4 is 17.3 Å². The topological polar surface area (TPSA) is 39.1 Å². The molecule has 1 N–H and O–H groups in total. The van der Waals surface area contributed by atoms with Gasteiger partial charge in [0.15, 0.2) is 0 Å². The lowest BCUT2D eigenvalue weighted by molar-refractivity contribution is 0.500. The Morgan fingerprint density at radius 3 is 3.06 bits per heavy atom. The molecule has 1 aromatic carbocycles. The first-order valence-corrected chi connectivity index (χ1v) is 5.78. The maximum Gasteiger partial charge on any atom is 0.103 e. The Hall–Kier alpha value is -1.24. The zero-order chi connectivity index (χ0) is 11.5. The second-order valence-corrected chi connectivity index (χ2v) is 4.40. The van der Waals surface area contributed by atoms with Crippen LogP contribution in [0.25, 0.3) is 0 Å². The minimum atomic E-state index is 0.388. The monoisotopic (exact) mass is 235 g/mol. The van der Waals surface area contributed by atoms with E-state index in [4.69, 9.17) is 16.9 Å². The van der Waals surface area contributed by atoms with E-state index in [0.717, 1.165) is 25.3 Å². The van der Waals surface area contributed by atoms with Crippen LogP contribution in [0.3, 0.4) is 0 Å². The molecule has 3 nitrogen and oxygen atoms in total. The summed E-state index contributed by atoms with van der Waals surface area (Å²) in [6.07, 6.45) is 0. The van der Waals surface area contributed by atoms with Crippen molar-refractivity contribution in [2.75, 3.05) is 24.5 Å². The highest BCUT2D eigenvalue weighted by atomic mass is 35.5. The lowest BCUT2D eigenvalue weighted by Gasteiger charge is -2.36. The fourth-order valence-electron chi connectivity index (χ4n) is 2.06. The van der Waals surface area contributed by atoms with Crippen molar-refractivity contribution in [3.63, 3.8) is 0 Å². The molecule has 1 aliphatic heterocycles. The van der Waals surface area contributed by atoms with Gasteiger partial charge in [-0.05, 0) is 19.1 Å². The molecule has 1 unspecified atom stereocenters. The molecule has 1 heterocycles. The van der Waals surface area contributed by atoms with E-state index in [9.17, 15) is 0 Å². The number of hydrogen-bond acceptors (Lipinski definition) is 3. The molecule has 4 heteroatoms. The van der Waals surface area contributed by atoms with Crippen LogP contribution in [0.5, 0.6) is 0 Å². The molecule has 0 bridgehead atoms. The van der Waals surface area contributed by atoms with E-state index in [0.29, 0.717) is 16.6 Å². The first-order valence-electron chi connectivity index (χ1n) is 5.40. The third-order valence-electron chi connectivity index (χ3n) is 2.91. The Morgan fingerprint density at radius 1 is 1.56 bits per heavy atom. The molecule has 16 heavy (non-hydrogen) atoms. The molecule has 2 rings (SSSR count). The van der Waals surface area contributed by atoms with Crippen LogP contribution in [0.4, 0.5) is 5.69 Å². The zero-order valence-electron chi connectivity index (χ0n) is 9.20. The lowest BCUT2D eigenvalue weighted by atomic mass is 10.1. The molecule has 1 fully saturated rings. The predicted molar refractivity (Wildman–Crippen MR) is 65.8 cm³/mol. The van der Waals surface area contributed by atoms with Crippen molar-refractivity contribution in [3.8, 4) is 6.07 Å². The van der Waals surface area contributed by atoms with Gasteiger partial charge in [-0.15, -0.1) is 0 Å². The van der Waals surface area contributed by atoms with Crippen molar-refractivity contribution in [3.05, 3.63) is 28.8 Å². The van der Waals surface area contributed by atoms with E-state index >= 15 is 0 Å². The number of piperazine rings is 1. The summed E-state index contributed by atoms with van der Waals surface area (Å²) in [6, 6.07) is 8.20. The Bertz CT molecular complexity index is 425. The van der Waals surface area contributed by atoms with Gasteiger partial charge in [-0.2, -0.15) is 5.26 Å². The molecule has 1 aromatic rings. The largest absolute Gasteiger partial charge is 0.365 e. The van der Waals surface area contributed by atoms with Gasteiger partial charge in [0.1, 0.15) is 6.07 Å². The second kappa shape index (κ2) is 4.73. The highest BCUT2D eigenvalue weighted by Gasteiger charge is 2.21. The minimum absolute atomic E-state index is 0.388. The van der Waals surface area contributed by atoms with Crippen molar-refractivity contribution < 1.29 is 0 Å². The molecular weight excluding hydrogens is 222 g/mol. The second-order valence-electron chi connectivity index (χ2n) is 3.99. The number of benzene rings is 1. The quantitative estimate of drug-likeness (QED) is 0.810. The third-order valence-corrected chi connectivity index (χ3v) is 3.23. The average Bonchev–Trinajstić information content (AvgIpc) is 2.29. The average molecular weight is 236 g/mol. The van der Waals surface area contributed by atoms with Gasteiger partial charge >= 0.3 is 0 Å². The number of hydrogen-bond donors (Lipinski definition) is 1. The van der Waals surface area contributed by atoms with Gasteiger partial charge < -0.3 is 10.2 Å². The van der Waals surface area contributed by atoms with E-state index in [1.54, 1.807) is 6.07 Å². The fraction of sp³-hybridized carbons (Fsp3) is 0.417. The molecule has 0 aromatic heterocycles. The number of nitriles is 1.